The molecule has 144 valence electrons. The summed E-state index contributed by atoms with van der Waals surface area (Å²) in [5.41, 5.74) is 2.26. The first kappa shape index (κ1) is 18.9. The molecule has 2 aromatic heterocycles. The number of fused-ring (bicyclic) bond motifs is 1. The van der Waals surface area contributed by atoms with Crippen molar-refractivity contribution in [2.24, 2.45) is 0 Å². The van der Waals surface area contributed by atoms with E-state index in [9.17, 15) is 9.18 Å². The molecule has 0 N–H and O–H groups in total. The van der Waals surface area contributed by atoms with E-state index in [2.05, 4.69) is 32.4 Å². The molecule has 0 amide bonds. The van der Waals surface area contributed by atoms with Gasteiger partial charge in [0.2, 0.25) is 0 Å². The molecule has 0 spiro atoms. The molecule has 0 atom stereocenters. The van der Waals surface area contributed by atoms with Gasteiger partial charge in [0.05, 0.1) is 5.69 Å². The molecule has 4 nitrogen and oxygen atoms in total. The molecule has 0 aliphatic carbocycles. The van der Waals surface area contributed by atoms with E-state index >= 15 is 0 Å². The van der Waals surface area contributed by atoms with Crippen molar-refractivity contribution in [1.29, 1.82) is 0 Å². The van der Waals surface area contributed by atoms with Crippen LogP contribution in [0, 0.1) is 0 Å². The smallest absolute Gasteiger partial charge is 0.272 e. The van der Waals surface area contributed by atoms with Gasteiger partial charge >= 0.3 is 0 Å². The molecule has 3 aromatic rings. The number of pyridine rings is 1. The molecule has 1 aliphatic rings. The Hall–Kier alpha value is -2.47. The van der Waals surface area contributed by atoms with Crippen LogP contribution in [0.2, 0.25) is 0 Å². The summed E-state index contributed by atoms with van der Waals surface area (Å²) < 4.78 is 16.2. The second kappa shape index (κ2) is 6.85. The van der Waals surface area contributed by atoms with Gasteiger partial charge in [-0.25, -0.2) is 9.37 Å². The predicted octanol–water partition coefficient (Wildman–Crippen LogP) is 5.01. The zero-order valence-corrected chi connectivity index (χ0v) is 17.5. The number of likely N-dealkylation sites (tertiary alicyclic amines) is 1. The van der Waals surface area contributed by atoms with Crippen LogP contribution in [0.1, 0.15) is 31.5 Å². The van der Waals surface area contributed by atoms with Crippen LogP contribution in [-0.2, 0) is 5.67 Å². The third kappa shape index (κ3) is 3.15. The lowest BCUT2D eigenvalue weighted by Crippen LogP contribution is -2.34. The highest BCUT2D eigenvalue weighted by Crippen LogP contribution is 2.31. The molecule has 6 heteroatoms. The summed E-state index contributed by atoms with van der Waals surface area (Å²) in [5, 5.41) is 0. The lowest BCUT2D eigenvalue weighted by molar-refractivity contribution is 0.213. The fourth-order valence-electron chi connectivity index (χ4n) is 3.37. The number of aromatic nitrogens is 2. The largest absolute Gasteiger partial charge is 0.371 e. The lowest BCUT2D eigenvalue weighted by Gasteiger charge is -2.34. The Morgan fingerprint density at radius 1 is 1.21 bits per heavy atom. The van der Waals surface area contributed by atoms with Crippen LogP contribution < -0.4 is 5.56 Å². The SMILES string of the molecule is C=C(c1ccc(-c2cccn3c(=O)c(Br)c(C(C)(C)F)nc23)cc1)N1CCC1. The standard InChI is InChI=1S/C22H21BrFN3O/c1-14(26-11-5-12-26)15-7-9-16(10-8-15)17-6-4-13-27-20(17)25-19(22(2,3)24)18(23)21(27)28/h4,6-10,13H,1,5,11-12H2,2-3H3. The van der Waals surface area contributed by atoms with E-state index in [1.807, 2.05) is 30.3 Å². The van der Waals surface area contributed by atoms with Crippen molar-refractivity contribution in [3.05, 3.63) is 75.3 Å². The molecule has 1 aliphatic heterocycles. The van der Waals surface area contributed by atoms with E-state index in [0.29, 0.717) is 5.65 Å². The summed E-state index contributed by atoms with van der Waals surface area (Å²) in [7, 11) is 0. The Bertz CT molecular complexity index is 1130. The molecule has 0 bridgehead atoms. The molecule has 0 unspecified atom stereocenters. The second-order valence-corrected chi connectivity index (χ2v) is 8.33. The van der Waals surface area contributed by atoms with Gasteiger partial charge in [0.1, 0.15) is 15.8 Å². The highest BCUT2D eigenvalue weighted by molar-refractivity contribution is 9.10. The first-order valence-corrected chi connectivity index (χ1v) is 10.0. The van der Waals surface area contributed by atoms with Gasteiger partial charge in [0.15, 0.2) is 0 Å². The molecule has 4 rings (SSSR count). The minimum Gasteiger partial charge on any atom is -0.371 e. The molecule has 1 saturated heterocycles. The van der Waals surface area contributed by atoms with Crippen molar-refractivity contribution in [2.45, 2.75) is 25.9 Å². The number of benzene rings is 1. The van der Waals surface area contributed by atoms with Gasteiger partial charge in [-0.1, -0.05) is 30.8 Å². The summed E-state index contributed by atoms with van der Waals surface area (Å²) in [6, 6.07) is 11.7. The molecule has 3 heterocycles. The number of alkyl halides is 1. The van der Waals surface area contributed by atoms with E-state index in [1.165, 1.54) is 24.7 Å². The topological polar surface area (TPSA) is 37.6 Å². The molecule has 28 heavy (non-hydrogen) atoms. The second-order valence-electron chi connectivity index (χ2n) is 7.53. The minimum absolute atomic E-state index is 0.104. The highest BCUT2D eigenvalue weighted by atomic mass is 79.9. The van der Waals surface area contributed by atoms with Gasteiger partial charge in [-0.2, -0.15) is 0 Å². The predicted molar refractivity (Wildman–Crippen MR) is 114 cm³/mol. The fourth-order valence-corrected chi connectivity index (χ4v) is 4.12. The van der Waals surface area contributed by atoms with Crippen molar-refractivity contribution in [1.82, 2.24) is 14.3 Å². The number of halogens is 2. The Labute approximate surface area is 171 Å². The Morgan fingerprint density at radius 2 is 1.89 bits per heavy atom. The number of nitrogens with zero attached hydrogens (tertiary/aromatic N) is 3. The van der Waals surface area contributed by atoms with Crippen molar-refractivity contribution >= 4 is 27.3 Å². The van der Waals surface area contributed by atoms with Gasteiger partial charge in [0.25, 0.3) is 5.56 Å². The number of hydrogen-bond donors (Lipinski definition) is 0. The van der Waals surface area contributed by atoms with E-state index in [4.69, 9.17) is 0 Å². The maximum atomic E-state index is 14.6. The molecular formula is C22H21BrFN3O. The Morgan fingerprint density at radius 3 is 2.46 bits per heavy atom. The fraction of sp³-hybridized carbons (Fsp3) is 0.273. The monoisotopic (exact) mass is 441 g/mol. The van der Waals surface area contributed by atoms with Gasteiger partial charge in [-0.3, -0.25) is 9.20 Å². The van der Waals surface area contributed by atoms with Gasteiger partial charge in [-0.05, 0) is 59.5 Å². The normalized spacial score (nSPS) is 14.2. The highest BCUT2D eigenvalue weighted by Gasteiger charge is 2.27. The average molecular weight is 442 g/mol. The van der Waals surface area contributed by atoms with Gasteiger partial charge < -0.3 is 4.90 Å². The first-order chi connectivity index (χ1) is 13.3. The summed E-state index contributed by atoms with van der Waals surface area (Å²) in [5.74, 6) is 0. The maximum Gasteiger partial charge on any atom is 0.272 e. The van der Waals surface area contributed by atoms with Crippen LogP contribution in [0.5, 0.6) is 0 Å². The van der Waals surface area contributed by atoms with E-state index in [0.717, 1.165) is 35.5 Å². The molecule has 1 fully saturated rings. The van der Waals surface area contributed by atoms with Gasteiger partial charge in [-0.15, -0.1) is 0 Å². The molecule has 1 aromatic carbocycles. The quantitative estimate of drug-likeness (QED) is 0.571. The summed E-state index contributed by atoms with van der Waals surface area (Å²) in [6.45, 7) is 9.07. The van der Waals surface area contributed by atoms with Crippen LogP contribution >= 0.6 is 15.9 Å². The maximum absolute atomic E-state index is 14.6. The van der Waals surface area contributed by atoms with Crippen LogP contribution in [0.25, 0.3) is 22.5 Å². The third-order valence-corrected chi connectivity index (χ3v) is 5.84. The lowest BCUT2D eigenvalue weighted by atomic mass is 10.0. The van der Waals surface area contributed by atoms with Crippen molar-refractivity contribution in [3.8, 4) is 11.1 Å². The number of hydrogen-bond acceptors (Lipinski definition) is 3. The van der Waals surface area contributed by atoms with Crippen LogP contribution in [0.15, 0.2) is 58.4 Å². The molecule has 0 saturated carbocycles. The number of rotatable bonds is 4. The zero-order chi connectivity index (χ0) is 20.1. The third-order valence-electron chi connectivity index (χ3n) is 5.13. The van der Waals surface area contributed by atoms with Crippen molar-refractivity contribution in [3.63, 3.8) is 0 Å². The summed E-state index contributed by atoms with van der Waals surface area (Å²) >= 11 is 3.22. The Balaban J connectivity index is 1.83. The average Bonchev–Trinajstić information content (AvgIpc) is 2.62. The van der Waals surface area contributed by atoms with E-state index in [1.54, 1.807) is 12.3 Å². The van der Waals surface area contributed by atoms with Gasteiger partial charge in [0, 0.05) is 30.5 Å². The molecular weight excluding hydrogens is 421 g/mol. The van der Waals surface area contributed by atoms with Crippen LogP contribution in [-0.4, -0.2) is 27.4 Å². The van der Waals surface area contributed by atoms with E-state index in [-0.39, 0.29) is 15.7 Å². The van der Waals surface area contributed by atoms with E-state index < -0.39 is 5.67 Å². The van der Waals surface area contributed by atoms with Crippen molar-refractivity contribution < 1.29 is 4.39 Å². The van der Waals surface area contributed by atoms with Crippen molar-refractivity contribution in [2.75, 3.05) is 13.1 Å². The summed E-state index contributed by atoms with van der Waals surface area (Å²) in [4.78, 5) is 19.5. The first-order valence-electron chi connectivity index (χ1n) is 9.22. The Kier molecular flexibility index (Phi) is 4.62. The van der Waals surface area contributed by atoms with Crippen LogP contribution in [0.3, 0.4) is 0 Å². The molecule has 0 radical (unpaired) electrons. The minimum atomic E-state index is -1.74. The summed E-state index contributed by atoms with van der Waals surface area (Å²) in [6.07, 6.45) is 2.85. The zero-order valence-electron chi connectivity index (χ0n) is 15.9. The van der Waals surface area contributed by atoms with Crippen LogP contribution in [0.4, 0.5) is 4.39 Å².